The van der Waals surface area contributed by atoms with Gasteiger partial charge in [-0.1, -0.05) is 23.5 Å². The summed E-state index contributed by atoms with van der Waals surface area (Å²) in [6, 6.07) is 5.42. The molecule has 0 atom stereocenters. The number of alkyl halides is 6. The molecule has 0 fully saturated rings. The first-order valence-electron chi connectivity index (χ1n) is 8.19. The summed E-state index contributed by atoms with van der Waals surface area (Å²) in [6.45, 7) is 0.102. The first-order valence-corrected chi connectivity index (χ1v) is 9.01. The fraction of sp³-hybridized carbons (Fsp3) is 0.353. The second-order valence-corrected chi connectivity index (χ2v) is 7.27. The van der Waals surface area contributed by atoms with Crippen molar-refractivity contribution in [3.63, 3.8) is 0 Å². The number of aryl methyl sites for hydroxylation is 2. The highest BCUT2D eigenvalue weighted by atomic mass is 32.1. The van der Waals surface area contributed by atoms with Crippen molar-refractivity contribution in [1.82, 2.24) is 14.6 Å². The zero-order chi connectivity index (χ0) is 21.4. The van der Waals surface area contributed by atoms with E-state index in [9.17, 15) is 31.1 Å². The zero-order valence-electron chi connectivity index (χ0n) is 14.8. The molecule has 0 aliphatic heterocycles. The maximum absolute atomic E-state index is 13.4. The molecular formula is C17H13F6N3O2S. The molecule has 156 valence electrons. The van der Waals surface area contributed by atoms with Gasteiger partial charge < -0.3 is 4.74 Å². The Bertz CT molecular complexity index is 1070. The SMILES string of the molecule is Cc1nn2c(=O)c(CCc3ccc(OCC(F)(F)F)cc3)c(C(F)(F)F)nc2s1. The van der Waals surface area contributed by atoms with Crippen molar-refractivity contribution in [2.24, 2.45) is 0 Å². The molecule has 12 heteroatoms. The summed E-state index contributed by atoms with van der Waals surface area (Å²) in [5.41, 5.74) is -2.14. The highest BCUT2D eigenvalue weighted by Crippen LogP contribution is 2.31. The molecule has 2 aromatic heterocycles. The van der Waals surface area contributed by atoms with Crippen LogP contribution >= 0.6 is 11.3 Å². The lowest BCUT2D eigenvalue weighted by Crippen LogP contribution is -2.27. The van der Waals surface area contributed by atoms with Crippen LogP contribution < -0.4 is 10.3 Å². The number of fused-ring (bicyclic) bond motifs is 1. The number of halogens is 6. The molecule has 3 aromatic rings. The van der Waals surface area contributed by atoms with Crippen LogP contribution in [-0.4, -0.2) is 27.4 Å². The molecule has 0 saturated carbocycles. The summed E-state index contributed by atoms with van der Waals surface area (Å²) in [6.07, 6.45) is -9.50. The van der Waals surface area contributed by atoms with Crippen molar-refractivity contribution in [1.29, 1.82) is 0 Å². The van der Waals surface area contributed by atoms with Crippen LogP contribution in [0.3, 0.4) is 0 Å². The van der Waals surface area contributed by atoms with Crippen molar-refractivity contribution < 1.29 is 31.1 Å². The van der Waals surface area contributed by atoms with E-state index >= 15 is 0 Å². The van der Waals surface area contributed by atoms with Crippen LogP contribution in [0, 0.1) is 6.92 Å². The van der Waals surface area contributed by atoms with E-state index in [4.69, 9.17) is 0 Å². The molecule has 5 nitrogen and oxygen atoms in total. The summed E-state index contributed by atoms with van der Waals surface area (Å²) >= 11 is 0.874. The zero-order valence-corrected chi connectivity index (χ0v) is 15.6. The number of hydrogen-bond acceptors (Lipinski definition) is 5. The smallest absolute Gasteiger partial charge is 0.433 e. The Morgan fingerprint density at radius 3 is 2.31 bits per heavy atom. The van der Waals surface area contributed by atoms with Crippen molar-refractivity contribution in [2.45, 2.75) is 32.1 Å². The second kappa shape index (κ2) is 7.65. The lowest BCUT2D eigenvalue weighted by Gasteiger charge is -2.12. The average Bonchev–Trinajstić information content (AvgIpc) is 2.99. The lowest BCUT2D eigenvalue weighted by atomic mass is 10.0. The van der Waals surface area contributed by atoms with Gasteiger partial charge in [0.15, 0.2) is 12.3 Å². The molecule has 2 heterocycles. The third-order valence-corrected chi connectivity index (χ3v) is 4.69. The number of ether oxygens (including phenoxy) is 1. The molecule has 0 aliphatic rings. The average molecular weight is 437 g/mol. The summed E-state index contributed by atoms with van der Waals surface area (Å²) < 4.78 is 82.1. The summed E-state index contributed by atoms with van der Waals surface area (Å²) in [5.74, 6) is -0.0249. The van der Waals surface area contributed by atoms with E-state index < -0.39 is 35.8 Å². The predicted octanol–water partition coefficient (Wildman–Crippen LogP) is 4.20. The Labute approximate surface area is 163 Å². The van der Waals surface area contributed by atoms with Crippen molar-refractivity contribution in [2.75, 3.05) is 6.61 Å². The predicted molar refractivity (Wildman–Crippen MR) is 92.3 cm³/mol. The van der Waals surface area contributed by atoms with Gasteiger partial charge in [0.2, 0.25) is 4.96 Å². The fourth-order valence-electron chi connectivity index (χ4n) is 2.62. The summed E-state index contributed by atoms with van der Waals surface area (Å²) in [5, 5.41) is 4.29. The maximum Gasteiger partial charge on any atom is 0.433 e. The molecule has 0 N–H and O–H groups in total. The lowest BCUT2D eigenvalue weighted by molar-refractivity contribution is -0.153. The Hall–Kier alpha value is -2.63. The monoisotopic (exact) mass is 437 g/mol. The number of hydrogen-bond donors (Lipinski definition) is 0. The van der Waals surface area contributed by atoms with Crippen molar-refractivity contribution in [3.05, 3.63) is 56.4 Å². The number of aromatic nitrogens is 3. The molecular weight excluding hydrogens is 424 g/mol. The van der Waals surface area contributed by atoms with Gasteiger partial charge in [-0.3, -0.25) is 4.79 Å². The van der Waals surface area contributed by atoms with E-state index in [1.54, 1.807) is 6.92 Å². The Morgan fingerprint density at radius 2 is 1.72 bits per heavy atom. The molecule has 3 rings (SSSR count). The van der Waals surface area contributed by atoms with E-state index in [0.29, 0.717) is 10.6 Å². The topological polar surface area (TPSA) is 56.5 Å². The molecule has 29 heavy (non-hydrogen) atoms. The minimum absolute atomic E-state index is 0.0249. The first kappa shape index (κ1) is 21.1. The largest absolute Gasteiger partial charge is 0.484 e. The fourth-order valence-corrected chi connectivity index (χ4v) is 3.35. The summed E-state index contributed by atoms with van der Waals surface area (Å²) in [7, 11) is 0. The van der Waals surface area contributed by atoms with E-state index in [1.165, 1.54) is 24.3 Å². The Morgan fingerprint density at radius 1 is 1.07 bits per heavy atom. The number of benzene rings is 1. The van der Waals surface area contributed by atoms with Crippen LogP contribution in [0.2, 0.25) is 0 Å². The number of nitrogens with zero attached hydrogens (tertiary/aromatic N) is 3. The molecule has 0 unspecified atom stereocenters. The van der Waals surface area contributed by atoms with Crippen LogP contribution in [0.5, 0.6) is 5.75 Å². The third-order valence-electron chi connectivity index (χ3n) is 3.86. The van der Waals surface area contributed by atoms with Gasteiger partial charge in [0.05, 0.1) is 5.56 Å². The van der Waals surface area contributed by atoms with E-state index in [-0.39, 0.29) is 23.6 Å². The van der Waals surface area contributed by atoms with Gasteiger partial charge in [0.25, 0.3) is 5.56 Å². The van der Waals surface area contributed by atoms with Crippen LogP contribution in [0.25, 0.3) is 4.96 Å². The summed E-state index contributed by atoms with van der Waals surface area (Å²) in [4.78, 5) is 15.9. The van der Waals surface area contributed by atoms with Crippen molar-refractivity contribution in [3.8, 4) is 5.75 Å². The quantitative estimate of drug-likeness (QED) is 0.562. The highest BCUT2D eigenvalue weighted by Gasteiger charge is 2.37. The first-order chi connectivity index (χ1) is 13.4. The van der Waals surface area contributed by atoms with E-state index in [1.807, 2.05) is 0 Å². The van der Waals surface area contributed by atoms with E-state index in [2.05, 4.69) is 14.8 Å². The van der Waals surface area contributed by atoms with Crippen molar-refractivity contribution >= 4 is 16.3 Å². The van der Waals surface area contributed by atoms with Gasteiger partial charge in [0, 0.05) is 0 Å². The minimum atomic E-state index is -4.81. The Balaban J connectivity index is 1.83. The van der Waals surface area contributed by atoms with Gasteiger partial charge in [-0.2, -0.15) is 36.0 Å². The van der Waals surface area contributed by atoms with Gasteiger partial charge in [0.1, 0.15) is 10.8 Å². The van der Waals surface area contributed by atoms with Gasteiger partial charge in [-0.25, -0.2) is 4.98 Å². The Kier molecular flexibility index (Phi) is 5.57. The molecule has 0 aliphatic carbocycles. The van der Waals surface area contributed by atoms with Gasteiger partial charge in [-0.15, -0.1) is 0 Å². The molecule has 1 aromatic carbocycles. The standard InChI is InChI=1S/C17H13F6N3O2S/c1-9-25-26-14(27)12(13(17(21,22)23)24-15(26)29-9)7-4-10-2-5-11(6-3-10)28-8-16(18,19)20/h2-3,5-6H,4,7-8H2,1H3. The highest BCUT2D eigenvalue weighted by molar-refractivity contribution is 7.16. The van der Waals surface area contributed by atoms with Crippen LogP contribution in [-0.2, 0) is 19.0 Å². The third kappa shape index (κ3) is 5.05. The van der Waals surface area contributed by atoms with Crippen LogP contribution in [0.15, 0.2) is 29.1 Å². The molecule has 0 saturated heterocycles. The number of rotatable bonds is 5. The normalized spacial score (nSPS) is 12.5. The van der Waals surface area contributed by atoms with E-state index in [0.717, 1.165) is 15.9 Å². The molecule has 0 spiro atoms. The molecule has 0 bridgehead atoms. The molecule has 0 radical (unpaired) electrons. The van der Waals surface area contributed by atoms with Gasteiger partial charge >= 0.3 is 12.4 Å². The second-order valence-electron chi connectivity index (χ2n) is 6.11. The van der Waals surface area contributed by atoms with Gasteiger partial charge in [-0.05, 0) is 37.5 Å². The van der Waals surface area contributed by atoms with Crippen LogP contribution in [0.1, 0.15) is 21.8 Å². The van der Waals surface area contributed by atoms with Crippen LogP contribution in [0.4, 0.5) is 26.3 Å². The minimum Gasteiger partial charge on any atom is -0.484 e. The maximum atomic E-state index is 13.4. The molecule has 0 amide bonds.